The van der Waals surface area contributed by atoms with Crippen LogP contribution in [-0.2, 0) is 6.42 Å². The van der Waals surface area contributed by atoms with Gasteiger partial charge in [0.15, 0.2) is 0 Å². The van der Waals surface area contributed by atoms with Gasteiger partial charge in [-0.1, -0.05) is 36.4 Å². The first-order valence-corrected chi connectivity index (χ1v) is 12.0. The van der Waals surface area contributed by atoms with E-state index in [-0.39, 0.29) is 29.3 Å². The lowest BCUT2D eigenvalue weighted by Crippen LogP contribution is -2.48. The molecule has 1 saturated heterocycles. The summed E-state index contributed by atoms with van der Waals surface area (Å²) in [7, 11) is 1.84. The largest absolute Gasteiger partial charge is 0.359 e. The standard InChI is InChI=1S/C27H27N5O4/c1-30(27(34)22-9-5-6-14-28-22)25(17-19-7-3-2-4-8-19)20-12-15-31(16-13-20)26(33)21-10-11-24-23(18-21)29-36-32(24)35/h2-11,14,18,20,25H,12-13,15-17H2,1H3/t25-/m0/s1. The lowest BCUT2D eigenvalue weighted by atomic mass is 9.84. The molecule has 4 aromatic rings. The number of carbonyl (C=O) groups excluding carboxylic acids is 2. The van der Waals surface area contributed by atoms with Crippen LogP contribution in [0.2, 0.25) is 0 Å². The molecule has 1 aliphatic rings. The second-order valence-corrected chi connectivity index (χ2v) is 9.15. The van der Waals surface area contributed by atoms with Crippen molar-refractivity contribution in [2.24, 2.45) is 5.92 Å². The highest BCUT2D eigenvalue weighted by Crippen LogP contribution is 2.28. The van der Waals surface area contributed by atoms with E-state index in [0.717, 1.165) is 19.3 Å². The molecular weight excluding hydrogens is 458 g/mol. The normalized spacial score (nSPS) is 15.1. The van der Waals surface area contributed by atoms with Crippen LogP contribution in [0.4, 0.5) is 0 Å². The first-order valence-electron chi connectivity index (χ1n) is 12.0. The number of likely N-dealkylation sites (tertiary alicyclic amines) is 1. The summed E-state index contributed by atoms with van der Waals surface area (Å²) in [6.45, 7) is 1.16. The number of fused-ring (bicyclic) bond motifs is 1. The van der Waals surface area contributed by atoms with Crippen LogP contribution in [0.5, 0.6) is 0 Å². The van der Waals surface area contributed by atoms with Crippen LogP contribution in [0.15, 0.2) is 77.6 Å². The van der Waals surface area contributed by atoms with E-state index in [4.69, 9.17) is 0 Å². The fraction of sp³-hybridized carbons (Fsp3) is 0.296. The maximum Gasteiger partial charge on any atom is 0.272 e. The first kappa shape index (κ1) is 23.5. The molecule has 2 aromatic carbocycles. The predicted molar refractivity (Wildman–Crippen MR) is 132 cm³/mol. The first-order chi connectivity index (χ1) is 17.5. The molecule has 2 aromatic heterocycles. The lowest BCUT2D eigenvalue weighted by molar-refractivity contribution is -0.782. The van der Waals surface area contributed by atoms with E-state index >= 15 is 0 Å². The van der Waals surface area contributed by atoms with Crippen molar-refractivity contribution in [3.05, 3.63) is 95.0 Å². The molecule has 3 heterocycles. The zero-order valence-corrected chi connectivity index (χ0v) is 20.0. The molecule has 1 fully saturated rings. The van der Waals surface area contributed by atoms with E-state index in [1.165, 1.54) is 5.56 Å². The Hall–Kier alpha value is -4.27. The Morgan fingerprint density at radius 3 is 2.58 bits per heavy atom. The topological polar surface area (TPSA) is 106 Å². The van der Waals surface area contributed by atoms with Crippen molar-refractivity contribution in [3.8, 4) is 0 Å². The molecule has 0 radical (unpaired) electrons. The molecule has 36 heavy (non-hydrogen) atoms. The number of amides is 2. The summed E-state index contributed by atoms with van der Waals surface area (Å²) in [4.78, 5) is 34.6. The lowest BCUT2D eigenvalue weighted by Gasteiger charge is -2.40. The summed E-state index contributed by atoms with van der Waals surface area (Å²) >= 11 is 0. The van der Waals surface area contributed by atoms with Crippen LogP contribution in [0.1, 0.15) is 39.3 Å². The average Bonchev–Trinajstić information content (AvgIpc) is 3.31. The second kappa shape index (κ2) is 10.2. The predicted octanol–water partition coefficient (Wildman–Crippen LogP) is 3.09. The zero-order chi connectivity index (χ0) is 25.1. The number of piperidine rings is 1. The molecule has 2 amide bonds. The van der Waals surface area contributed by atoms with Gasteiger partial charge in [-0.2, -0.15) is 0 Å². The molecule has 184 valence electrons. The monoisotopic (exact) mass is 485 g/mol. The highest BCUT2D eigenvalue weighted by Gasteiger charge is 2.33. The number of carbonyl (C=O) groups is 2. The van der Waals surface area contributed by atoms with Crippen molar-refractivity contribution < 1.29 is 19.1 Å². The molecule has 0 saturated carbocycles. The van der Waals surface area contributed by atoms with Crippen molar-refractivity contribution >= 4 is 22.8 Å². The number of aromatic nitrogens is 3. The van der Waals surface area contributed by atoms with Gasteiger partial charge in [-0.3, -0.25) is 19.2 Å². The fourth-order valence-electron chi connectivity index (χ4n) is 4.97. The zero-order valence-electron chi connectivity index (χ0n) is 20.0. The molecule has 0 unspecified atom stereocenters. The van der Waals surface area contributed by atoms with Crippen LogP contribution >= 0.6 is 0 Å². The number of benzene rings is 2. The van der Waals surface area contributed by atoms with E-state index < -0.39 is 0 Å². The van der Waals surface area contributed by atoms with Gasteiger partial charge >= 0.3 is 0 Å². The van der Waals surface area contributed by atoms with Crippen molar-refractivity contribution in [2.45, 2.75) is 25.3 Å². The Labute approximate surface area is 208 Å². The quantitative estimate of drug-likeness (QED) is 0.389. The van der Waals surface area contributed by atoms with Crippen molar-refractivity contribution in [1.82, 2.24) is 19.9 Å². The van der Waals surface area contributed by atoms with Gasteiger partial charge in [-0.25, -0.2) is 0 Å². The van der Waals surface area contributed by atoms with Crippen LogP contribution in [0, 0.1) is 11.1 Å². The maximum absolute atomic E-state index is 13.2. The summed E-state index contributed by atoms with van der Waals surface area (Å²) in [5.74, 6) is 0.0178. The molecule has 1 aliphatic heterocycles. The Bertz CT molecular complexity index is 1350. The van der Waals surface area contributed by atoms with E-state index in [1.54, 1.807) is 36.5 Å². The van der Waals surface area contributed by atoms with E-state index in [1.807, 2.05) is 41.1 Å². The molecule has 5 rings (SSSR count). The number of pyridine rings is 1. The van der Waals surface area contributed by atoms with Crippen molar-refractivity contribution in [3.63, 3.8) is 0 Å². The number of likely N-dealkylation sites (N-methyl/N-ethyl adjacent to an activating group) is 1. The minimum Gasteiger partial charge on any atom is -0.359 e. The Balaban J connectivity index is 1.31. The van der Waals surface area contributed by atoms with Gasteiger partial charge in [0.25, 0.3) is 11.8 Å². The molecule has 0 N–H and O–H groups in total. The Morgan fingerprint density at radius 1 is 1.11 bits per heavy atom. The fourth-order valence-corrected chi connectivity index (χ4v) is 4.97. The Kier molecular flexibility index (Phi) is 6.62. The minimum atomic E-state index is -0.105. The van der Waals surface area contributed by atoms with E-state index in [0.29, 0.717) is 34.8 Å². The Morgan fingerprint density at radius 2 is 1.86 bits per heavy atom. The number of hydrogen-bond acceptors (Lipinski definition) is 6. The van der Waals surface area contributed by atoms with Crippen molar-refractivity contribution in [1.29, 1.82) is 0 Å². The van der Waals surface area contributed by atoms with Gasteiger partial charge in [-0.05, 0) is 59.9 Å². The van der Waals surface area contributed by atoms with Gasteiger partial charge in [0.05, 0.1) is 0 Å². The summed E-state index contributed by atoms with van der Waals surface area (Å²) in [5, 5.41) is 15.3. The molecule has 0 bridgehead atoms. The highest BCUT2D eigenvalue weighted by molar-refractivity contribution is 5.97. The van der Waals surface area contributed by atoms with Crippen LogP contribution in [-0.4, -0.2) is 57.9 Å². The van der Waals surface area contributed by atoms with Gasteiger partial charge in [0, 0.05) is 49.2 Å². The summed E-state index contributed by atoms with van der Waals surface area (Å²) in [6.07, 6.45) is 3.91. The minimum absolute atomic E-state index is 0.0295. The maximum atomic E-state index is 13.2. The number of nitrogens with zero attached hydrogens (tertiary/aromatic N) is 5. The van der Waals surface area contributed by atoms with E-state index in [9.17, 15) is 14.8 Å². The van der Waals surface area contributed by atoms with Crippen LogP contribution < -0.4 is 4.90 Å². The number of hydrogen-bond donors (Lipinski definition) is 0. The van der Waals surface area contributed by atoms with Gasteiger partial charge in [-0.15, -0.1) is 0 Å². The third-order valence-corrected chi connectivity index (χ3v) is 6.99. The average molecular weight is 486 g/mol. The third-order valence-electron chi connectivity index (χ3n) is 6.99. The SMILES string of the molecule is CN(C(=O)c1ccccn1)[C@@H](Cc1ccccc1)C1CCN(C(=O)c2ccc3c(c2)no[n+]3[O-])CC1. The van der Waals surface area contributed by atoms with E-state index in [2.05, 4.69) is 26.9 Å². The summed E-state index contributed by atoms with van der Waals surface area (Å²) in [5.41, 5.74) is 2.70. The highest BCUT2D eigenvalue weighted by atomic mass is 16.8. The summed E-state index contributed by atoms with van der Waals surface area (Å²) < 4.78 is 4.61. The summed E-state index contributed by atoms with van der Waals surface area (Å²) in [6, 6.07) is 20.2. The smallest absolute Gasteiger partial charge is 0.272 e. The van der Waals surface area contributed by atoms with Gasteiger partial charge in [0.2, 0.25) is 11.0 Å². The van der Waals surface area contributed by atoms with Gasteiger partial charge < -0.3 is 15.0 Å². The van der Waals surface area contributed by atoms with Gasteiger partial charge in [0.1, 0.15) is 5.69 Å². The molecule has 1 atom stereocenters. The second-order valence-electron chi connectivity index (χ2n) is 9.15. The molecule has 9 heteroatoms. The number of rotatable bonds is 6. The van der Waals surface area contributed by atoms with Crippen LogP contribution in [0.3, 0.4) is 0 Å². The molecule has 9 nitrogen and oxygen atoms in total. The van der Waals surface area contributed by atoms with Crippen molar-refractivity contribution in [2.75, 3.05) is 20.1 Å². The molecular formula is C27H27N5O4. The molecule has 0 spiro atoms. The molecule has 0 aliphatic carbocycles. The van der Waals surface area contributed by atoms with Crippen LogP contribution in [0.25, 0.3) is 11.0 Å². The third kappa shape index (κ3) is 4.77.